The minimum atomic E-state index is -3.11. The molecule has 4 nitrogen and oxygen atoms in total. The van der Waals surface area contributed by atoms with Crippen LogP contribution in [0.5, 0.6) is 0 Å². The Morgan fingerprint density at radius 1 is 1.14 bits per heavy atom. The highest BCUT2D eigenvalue weighted by Crippen LogP contribution is 2.41. The molecule has 0 aromatic carbocycles. The first-order valence-corrected chi connectivity index (χ1v) is 6.76. The maximum absolute atomic E-state index is 12.2. The monoisotopic (exact) mass is 218 g/mol. The predicted molar refractivity (Wildman–Crippen MR) is 55.4 cm³/mol. The second-order valence-corrected chi connectivity index (χ2v) is 6.68. The Balaban J connectivity index is 2.21. The van der Waals surface area contributed by atoms with Crippen LogP contribution in [0, 0.1) is 0 Å². The zero-order valence-corrected chi connectivity index (χ0v) is 9.22. The predicted octanol–water partition coefficient (Wildman–Crippen LogP) is 0.293. The molecule has 1 aliphatic heterocycles. The topological polar surface area (TPSA) is 63.4 Å². The van der Waals surface area contributed by atoms with Crippen molar-refractivity contribution in [1.82, 2.24) is 4.31 Å². The molecule has 14 heavy (non-hydrogen) atoms. The number of hydrogen-bond donors (Lipinski definition) is 1. The summed E-state index contributed by atoms with van der Waals surface area (Å²) in [4.78, 5) is 0. The van der Waals surface area contributed by atoms with E-state index in [-0.39, 0.29) is 6.54 Å². The molecule has 0 radical (unpaired) electrons. The lowest BCUT2D eigenvalue weighted by Crippen LogP contribution is -2.56. The van der Waals surface area contributed by atoms with Crippen molar-refractivity contribution in [1.29, 1.82) is 0 Å². The molecule has 2 N–H and O–H groups in total. The third kappa shape index (κ3) is 1.30. The molecular weight excluding hydrogens is 200 g/mol. The minimum Gasteiger partial charge on any atom is -0.329 e. The van der Waals surface area contributed by atoms with E-state index < -0.39 is 14.8 Å². The second-order valence-electron chi connectivity index (χ2n) is 4.35. The zero-order chi connectivity index (χ0) is 10.2. The summed E-state index contributed by atoms with van der Waals surface area (Å²) in [6.45, 7) is 1.68. The van der Waals surface area contributed by atoms with Crippen LogP contribution in [0.1, 0.15) is 32.1 Å². The van der Waals surface area contributed by atoms with Crippen LogP contribution in [-0.4, -0.2) is 37.1 Å². The van der Waals surface area contributed by atoms with Gasteiger partial charge in [0, 0.05) is 19.6 Å². The first kappa shape index (κ1) is 10.4. The first-order chi connectivity index (χ1) is 6.62. The van der Waals surface area contributed by atoms with Crippen molar-refractivity contribution < 1.29 is 8.42 Å². The van der Waals surface area contributed by atoms with Gasteiger partial charge in [-0.1, -0.05) is 6.42 Å². The summed E-state index contributed by atoms with van der Waals surface area (Å²) >= 11 is 0. The van der Waals surface area contributed by atoms with E-state index in [1.165, 1.54) is 0 Å². The van der Waals surface area contributed by atoms with E-state index in [0.717, 1.165) is 32.1 Å². The normalized spacial score (nSPS) is 27.5. The van der Waals surface area contributed by atoms with E-state index >= 15 is 0 Å². The minimum absolute atomic E-state index is 0.284. The van der Waals surface area contributed by atoms with Gasteiger partial charge < -0.3 is 5.73 Å². The Labute approximate surface area is 85.5 Å². The van der Waals surface area contributed by atoms with Crippen molar-refractivity contribution in [3.63, 3.8) is 0 Å². The van der Waals surface area contributed by atoms with Gasteiger partial charge in [-0.3, -0.25) is 0 Å². The van der Waals surface area contributed by atoms with Crippen LogP contribution in [0.25, 0.3) is 0 Å². The van der Waals surface area contributed by atoms with E-state index in [2.05, 4.69) is 0 Å². The van der Waals surface area contributed by atoms with Crippen LogP contribution in [0.15, 0.2) is 0 Å². The quantitative estimate of drug-likeness (QED) is 0.740. The molecule has 0 amide bonds. The van der Waals surface area contributed by atoms with E-state index in [4.69, 9.17) is 5.73 Å². The molecule has 2 rings (SSSR count). The molecule has 0 aromatic heterocycles. The fourth-order valence-corrected chi connectivity index (χ4v) is 4.64. The molecule has 1 saturated heterocycles. The Hall–Kier alpha value is -0.130. The summed E-state index contributed by atoms with van der Waals surface area (Å²) in [6, 6.07) is 0. The van der Waals surface area contributed by atoms with Gasteiger partial charge in [-0.2, -0.15) is 0 Å². The maximum Gasteiger partial charge on any atom is 0.221 e. The molecule has 1 aliphatic carbocycles. The lowest BCUT2D eigenvalue weighted by molar-refractivity contribution is 0.319. The molecule has 5 heteroatoms. The summed E-state index contributed by atoms with van der Waals surface area (Å²) in [5, 5.41) is 0. The molecule has 0 unspecified atom stereocenters. The van der Waals surface area contributed by atoms with Crippen molar-refractivity contribution in [2.45, 2.75) is 36.9 Å². The largest absolute Gasteiger partial charge is 0.329 e. The highest BCUT2D eigenvalue weighted by Gasteiger charge is 2.50. The average Bonchev–Trinajstić information content (AvgIpc) is 2.53. The van der Waals surface area contributed by atoms with Crippen molar-refractivity contribution in [3.8, 4) is 0 Å². The van der Waals surface area contributed by atoms with Crippen LogP contribution in [0.2, 0.25) is 0 Å². The van der Waals surface area contributed by atoms with Gasteiger partial charge in [-0.15, -0.1) is 0 Å². The smallest absolute Gasteiger partial charge is 0.221 e. The molecule has 0 spiro atoms. The van der Waals surface area contributed by atoms with Crippen LogP contribution < -0.4 is 5.73 Å². The lowest BCUT2D eigenvalue weighted by atomic mass is 9.84. The Morgan fingerprint density at radius 2 is 1.71 bits per heavy atom. The van der Waals surface area contributed by atoms with Crippen molar-refractivity contribution in [2.24, 2.45) is 5.73 Å². The third-order valence-electron chi connectivity index (χ3n) is 3.59. The van der Waals surface area contributed by atoms with Crippen LogP contribution in [0.3, 0.4) is 0 Å². The zero-order valence-electron chi connectivity index (χ0n) is 8.41. The van der Waals surface area contributed by atoms with E-state index in [9.17, 15) is 8.42 Å². The van der Waals surface area contributed by atoms with Crippen molar-refractivity contribution in [2.75, 3.05) is 19.6 Å². The molecule has 82 valence electrons. The number of sulfonamides is 1. The number of rotatable bonds is 3. The third-order valence-corrected chi connectivity index (χ3v) is 6.30. The molecular formula is C9H18N2O2S. The Kier molecular flexibility index (Phi) is 2.57. The molecule has 0 aromatic rings. The standard InChI is InChI=1S/C9H18N2O2S/c10-8-9(4-3-5-9)14(12,13)11-6-1-2-7-11/h1-8,10H2. The van der Waals surface area contributed by atoms with Gasteiger partial charge >= 0.3 is 0 Å². The van der Waals surface area contributed by atoms with Crippen molar-refractivity contribution in [3.05, 3.63) is 0 Å². The molecule has 0 atom stereocenters. The van der Waals surface area contributed by atoms with E-state index in [0.29, 0.717) is 13.1 Å². The molecule has 1 saturated carbocycles. The molecule has 0 bridgehead atoms. The highest BCUT2D eigenvalue weighted by molar-refractivity contribution is 7.90. The molecule has 2 aliphatic rings. The average molecular weight is 218 g/mol. The summed E-state index contributed by atoms with van der Waals surface area (Å²) in [5.74, 6) is 0. The van der Waals surface area contributed by atoms with Gasteiger partial charge in [-0.25, -0.2) is 12.7 Å². The van der Waals surface area contributed by atoms with Gasteiger partial charge in [-0.05, 0) is 25.7 Å². The summed E-state index contributed by atoms with van der Waals surface area (Å²) in [5.41, 5.74) is 5.62. The lowest BCUT2D eigenvalue weighted by Gasteiger charge is -2.42. The second kappa shape index (κ2) is 3.47. The van der Waals surface area contributed by atoms with Gasteiger partial charge in [0.2, 0.25) is 10.0 Å². The summed E-state index contributed by atoms with van der Waals surface area (Å²) in [6.07, 6.45) is 4.51. The fraction of sp³-hybridized carbons (Fsp3) is 1.00. The van der Waals surface area contributed by atoms with Crippen LogP contribution >= 0.6 is 0 Å². The fourth-order valence-electron chi connectivity index (χ4n) is 2.34. The van der Waals surface area contributed by atoms with Gasteiger partial charge in [0.25, 0.3) is 0 Å². The number of nitrogens with two attached hydrogens (primary N) is 1. The van der Waals surface area contributed by atoms with Gasteiger partial charge in [0.1, 0.15) is 0 Å². The van der Waals surface area contributed by atoms with Gasteiger partial charge in [0.15, 0.2) is 0 Å². The summed E-state index contributed by atoms with van der Waals surface area (Å²) in [7, 11) is -3.11. The first-order valence-electron chi connectivity index (χ1n) is 5.32. The number of nitrogens with zero attached hydrogens (tertiary/aromatic N) is 1. The SMILES string of the molecule is NCC1(S(=O)(=O)N2CCCC2)CCC1. The Bertz CT molecular complexity index is 297. The summed E-state index contributed by atoms with van der Waals surface area (Å²) < 4.78 is 25.5. The molecule has 1 heterocycles. The van der Waals surface area contributed by atoms with Crippen LogP contribution in [-0.2, 0) is 10.0 Å². The van der Waals surface area contributed by atoms with Gasteiger partial charge in [0.05, 0.1) is 4.75 Å². The Morgan fingerprint density at radius 3 is 2.07 bits per heavy atom. The highest BCUT2D eigenvalue weighted by atomic mass is 32.2. The number of hydrogen-bond acceptors (Lipinski definition) is 3. The van der Waals surface area contributed by atoms with Crippen LogP contribution in [0.4, 0.5) is 0 Å². The molecule has 2 fully saturated rings. The maximum atomic E-state index is 12.2. The van der Waals surface area contributed by atoms with Crippen molar-refractivity contribution >= 4 is 10.0 Å². The van der Waals surface area contributed by atoms with E-state index in [1.54, 1.807) is 4.31 Å². The van der Waals surface area contributed by atoms with E-state index in [1.807, 2.05) is 0 Å².